The van der Waals surface area contributed by atoms with Crippen LogP contribution < -0.4 is 14.8 Å². The minimum atomic E-state index is -0.502. The Bertz CT molecular complexity index is 738. The molecule has 0 fully saturated rings. The Balaban J connectivity index is 3.06. The second-order valence-corrected chi connectivity index (χ2v) is 5.48. The van der Waals surface area contributed by atoms with E-state index in [1.807, 2.05) is 13.0 Å². The quantitative estimate of drug-likeness (QED) is 0.356. The van der Waals surface area contributed by atoms with Gasteiger partial charge in [0, 0.05) is 12.6 Å². The average Bonchev–Trinajstić information content (AvgIpc) is 2.57. The van der Waals surface area contributed by atoms with E-state index in [-0.39, 0.29) is 11.3 Å². The maximum atomic E-state index is 11.9. The molecule has 0 aliphatic carbocycles. The number of nitriles is 1. The molecule has 25 heavy (non-hydrogen) atoms. The van der Waals surface area contributed by atoms with Crippen molar-refractivity contribution in [3.63, 3.8) is 0 Å². The fraction of sp³-hybridized carbons (Fsp3) is 0.316. The molecule has 0 unspecified atom stereocenters. The lowest BCUT2D eigenvalue weighted by molar-refractivity contribution is -0.129. The van der Waals surface area contributed by atoms with Crippen LogP contribution in [0, 0.1) is 11.3 Å². The van der Waals surface area contributed by atoms with Crippen LogP contribution in [0.2, 0.25) is 0 Å². The molecule has 0 aromatic heterocycles. The first-order chi connectivity index (χ1) is 11.9. The van der Waals surface area contributed by atoms with E-state index in [9.17, 15) is 9.59 Å². The number of methoxy groups -OCH3 is 1. The predicted octanol–water partition coefficient (Wildman–Crippen LogP) is 3.00. The van der Waals surface area contributed by atoms with Crippen molar-refractivity contribution in [3.05, 3.63) is 41.0 Å². The summed E-state index contributed by atoms with van der Waals surface area (Å²) in [6, 6.07) is 6.67. The van der Waals surface area contributed by atoms with Gasteiger partial charge in [0.15, 0.2) is 11.5 Å². The highest BCUT2D eigenvalue weighted by atomic mass is 16.6. The molecule has 0 aliphatic heterocycles. The van der Waals surface area contributed by atoms with Gasteiger partial charge in [-0.25, -0.2) is 4.79 Å². The Morgan fingerprint density at radius 1 is 1.28 bits per heavy atom. The number of nitrogens with one attached hydrogen (secondary N) is 1. The van der Waals surface area contributed by atoms with Crippen molar-refractivity contribution < 1.29 is 19.1 Å². The van der Waals surface area contributed by atoms with Gasteiger partial charge in [0.05, 0.1) is 7.11 Å². The smallest absolute Gasteiger partial charge is 0.336 e. The first kappa shape index (κ1) is 20.0. The van der Waals surface area contributed by atoms with Gasteiger partial charge in [0.25, 0.3) is 5.91 Å². The molecular weight excluding hydrogens is 320 g/mol. The summed E-state index contributed by atoms with van der Waals surface area (Å²) in [6.45, 7) is 6.01. The van der Waals surface area contributed by atoms with Crippen molar-refractivity contribution in [1.82, 2.24) is 5.32 Å². The maximum absolute atomic E-state index is 11.9. The van der Waals surface area contributed by atoms with Crippen molar-refractivity contribution >= 4 is 18.0 Å². The lowest BCUT2D eigenvalue weighted by Gasteiger charge is -2.09. The topological polar surface area (TPSA) is 88.4 Å². The number of nitrogens with zero attached hydrogens (tertiary/aromatic N) is 1. The molecule has 0 saturated heterocycles. The van der Waals surface area contributed by atoms with Gasteiger partial charge in [-0.1, -0.05) is 18.6 Å². The van der Waals surface area contributed by atoms with Crippen LogP contribution in [-0.4, -0.2) is 25.5 Å². The van der Waals surface area contributed by atoms with Gasteiger partial charge in [-0.3, -0.25) is 4.79 Å². The van der Waals surface area contributed by atoms with Crippen LogP contribution >= 0.6 is 0 Å². The predicted molar refractivity (Wildman–Crippen MR) is 95.0 cm³/mol. The Hall–Kier alpha value is -3.07. The number of esters is 1. The zero-order chi connectivity index (χ0) is 18.8. The fourth-order valence-electron chi connectivity index (χ4n) is 1.88. The number of hydrogen-bond acceptors (Lipinski definition) is 5. The third-order valence-electron chi connectivity index (χ3n) is 3.02. The number of benzene rings is 1. The normalized spacial score (nSPS) is 10.4. The number of amides is 1. The van der Waals surface area contributed by atoms with Crippen LogP contribution in [0.4, 0.5) is 0 Å². The van der Waals surface area contributed by atoms with E-state index in [0.717, 1.165) is 12.0 Å². The van der Waals surface area contributed by atoms with Crippen LogP contribution in [-0.2, 0) is 9.59 Å². The van der Waals surface area contributed by atoms with Crippen LogP contribution in [0.1, 0.15) is 32.8 Å². The zero-order valence-corrected chi connectivity index (χ0v) is 14.9. The van der Waals surface area contributed by atoms with Crippen molar-refractivity contribution in [1.29, 1.82) is 5.26 Å². The summed E-state index contributed by atoms with van der Waals surface area (Å²) in [5.41, 5.74) is 1.40. The van der Waals surface area contributed by atoms with Crippen LogP contribution in [0.3, 0.4) is 0 Å². The van der Waals surface area contributed by atoms with Gasteiger partial charge < -0.3 is 14.8 Å². The molecule has 1 aromatic carbocycles. The summed E-state index contributed by atoms with van der Waals surface area (Å²) in [7, 11) is 1.44. The molecule has 0 radical (unpaired) electrons. The van der Waals surface area contributed by atoms with Crippen LogP contribution in [0.25, 0.3) is 6.08 Å². The Morgan fingerprint density at radius 2 is 2.00 bits per heavy atom. The maximum Gasteiger partial charge on any atom is 0.336 e. The number of ether oxygens (including phenoxy) is 2. The van der Waals surface area contributed by atoms with Gasteiger partial charge in [0.2, 0.25) is 0 Å². The second kappa shape index (κ2) is 9.93. The molecule has 0 aliphatic rings. The number of carbonyl (C=O) groups excluding carboxylic acids is 2. The zero-order valence-electron chi connectivity index (χ0n) is 14.9. The molecule has 1 aromatic rings. The summed E-state index contributed by atoms with van der Waals surface area (Å²) >= 11 is 0. The largest absolute Gasteiger partial charge is 0.493 e. The molecular formula is C19H22N2O4. The summed E-state index contributed by atoms with van der Waals surface area (Å²) in [5.74, 6) is -0.341. The van der Waals surface area contributed by atoms with E-state index in [1.54, 1.807) is 32.0 Å². The minimum Gasteiger partial charge on any atom is -0.493 e. The molecule has 1 amide bonds. The lowest BCUT2D eigenvalue weighted by Crippen LogP contribution is -2.25. The van der Waals surface area contributed by atoms with E-state index in [0.29, 0.717) is 17.9 Å². The Morgan fingerprint density at radius 3 is 2.56 bits per heavy atom. The average molecular weight is 342 g/mol. The van der Waals surface area contributed by atoms with E-state index >= 15 is 0 Å². The van der Waals surface area contributed by atoms with E-state index in [4.69, 9.17) is 14.7 Å². The van der Waals surface area contributed by atoms with Crippen molar-refractivity contribution in [2.24, 2.45) is 0 Å². The highest BCUT2D eigenvalue weighted by Crippen LogP contribution is 2.29. The van der Waals surface area contributed by atoms with Gasteiger partial charge in [-0.2, -0.15) is 5.26 Å². The molecule has 0 saturated carbocycles. The molecule has 0 bridgehead atoms. The third-order valence-corrected chi connectivity index (χ3v) is 3.02. The van der Waals surface area contributed by atoms with Crippen molar-refractivity contribution in [3.8, 4) is 17.6 Å². The number of carbonyl (C=O) groups is 2. The first-order valence-corrected chi connectivity index (χ1v) is 7.86. The summed E-state index contributed by atoms with van der Waals surface area (Å²) in [4.78, 5) is 23.6. The molecule has 0 atom stereocenters. The molecule has 6 nitrogen and oxygen atoms in total. The van der Waals surface area contributed by atoms with E-state index < -0.39 is 11.9 Å². The van der Waals surface area contributed by atoms with Crippen LogP contribution in [0.15, 0.2) is 35.4 Å². The van der Waals surface area contributed by atoms with Crippen molar-refractivity contribution in [2.75, 3.05) is 13.7 Å². The molecule has 6 heteroatoms. The highest BCUT2D eigenvalue weighted by Gasteiger charge is 2.11. The first-order valence-electron chi connectivity index (χ1n) is 7.86. The van der Waals surface area contributed by atoms with E-state index in [1.165, 1.54) is 19.3 Å². The standard InChI is InChI=1S/C19H22N2O4/c1-5-8-21-19(23)15(12-20)10-14-6-7-16(17(11-14)24-4)25-18(22)9-13(2)3/h6-7,9-11H,5,8H2,1-4H3,(H,21,23)/b15-10+. The van der Waals surface area contributed by atoms with Gasteiger partial charge in [-0.05, 0) is 44.0 Å². The molecule has 1 rings (SSSR count). The number of rotatable bonds is 7. The minimum absolute atomic E-state index is 0.00945. The third kappa shape index (κ3) is 6.51. The molecule has 132 valence electrons. The second-order valence-electron chi connectivity index (χ2n) is 5.48. The SMILES string of the molecule is CCCNC(=O)/C(C#N)=C/c1ccc(OC(=O)C=C(C)C)c(OC)c1. The van der Waals surface area contributed by atoms with Gasteiger partial charge in [-0.15, -0.1) is 0 Å². The monoisotopic (exact) mass is 342 g/mol. The Kier molecular flexibility index (Phi) is 7.94. The van der Waals surface area contributed by atoms with Gasteiger partial charge >= 0.3 is 5.97 Å². The summed E-state index contributed by atoms with van der Waals surface area (Å²) < 4.78 is 10.5. The van der Waals surface area contributed by atoms with E-state index in [2.05, 4.69) is 5.32 Å². The molecule has 1 N–H and O–H groups in total. The molecule has 0 heterocycles. The van der Waals surface area contributed by atoms with Gasteiger partial charge in [0.1, 0.15) is 11.6 Å². The van der Waals surface area contributed by atoms with Crippen LogP contribution in [0.5, 0.6) is 11.5 Å². The van der Waals surface area contributed by atoms with Crippen molar-refractivity contribution in [2.45, 2.75) is 27.2 Å². The summed E-state index contributed by atoms with van der Waals surface area (Å²) in [5, 5.41) is 11.8. The lowest BCUT2D eigenvalue weighted by atomic mass is 10.1. The number of allylic oxidation sites excluding steroid dienone is 1. The fourth-order valence-corrected chi connectivity index (χ4v) is 1.88. The highest BCUT2D eigenvalue weighted by molar-refractivity contribution is 6.01. The number of hydrogen-bond donors (Lipinski definition) is 1. The molecule has 0 spiro atoms. The Labute approximate surface area is 147 Å². The summed E-state index contributed by atoms with van der Waals surface area (Å²) in [6.07, 6.45) is 3.61.